The molecule has 0 radical (unpaired) electrons. The second-order valence-corrected chi connectivity index (χ2v) is 9.69. The smallest absolute Gasteiger partial charge is 0.248 e. The number of rotatable bonds is 6. The van der Waals surface area contributed by atoms with Crippen LogP contribution in [0.4, 0.5) is 5.69 Å². The molecule has 0 unspecified atom stereocenters. The van der Waals surface area contributed by atoms with E-state index in [4.69, 9.17) is 4.74 Å². The van der Waals surface area contributed by atoms with E-state index in [0.29, 0.717) is 44.2 Å². The standard InChI is InChI=1S/C23H28N4O4S/c1-4-26(21-11-7-9-19-8-5-6-10-20(19)21)22(28)16-27-18(3)23(17(2)24-27)32(29,30)25-12-14-31-15-13-25/h5-11H,4,12-16H2,1-3H3. The largest absolute Gasteiger partial charge is 0.379 e. The predicted molar refractivity (Wildman–Crippen MR) is 123 cm³/mol. The molecule has 0 spiro atoms. The molecule has 0 atom stereocenters. The Morgan fingerprint density at radius 3 is 2.50 bits per heavy atom. The van der Waals surface area contributed by atoms with Crippen LogP contribution < -0.4 is 4.90 Å². The van der Waals surface area contributed by atoms with Crippen LogP contribution in [0.3, 0.4) is 0 Å². The van der Waals surface area contributed by atoms with Crippen LogP contribution in [-0.2, 0) is 26.1 Å². The SMILES string of the molecule is CCN(C(=O)Cn1nc(C)c(S(=O)(=O)N2CCOCC2)c1C)c1cccc2ccccc12. The van der Waals surface area contributed by atoms with Gasteiger partial charge in [-0.2, -0.15) is 9.40 Å². The third kappa shape index (κ3) is 4.03. The molecule has 4 rings (SSSR count). The van der Waals surface area contributed by atoms with Crippen molar-refractivity contribution >= 4 is 32.4 Å². The van der Waals surface area contributed by atoms with Crippen molar-refractivity contribution < 1.29 is 17.9 Å². The first-order valence-electron chi connectivity index (χ1n) is 10.7. The average Bonchev–Trinajstić information content (AvgIpc) is 3.08. The number of likely N-dealkylation sites (N-methyl/N-ethyl adjacent to an activating group) is 1. The maximum atomic E-state index is 13.3. The zero-order valence-electron chi connectivity index (χ0n) is 18.6. The van der Waals surface area contributed by atoms with Crippen LogP contribution in [-0.4, -0.2) is 61.3 Å². The summed E-state index contributed by atoms with van der Waals surface area (Å²) in [6, 6.07) is 13.8. The number of morpholine rings is 1. The number of benzene rings is 2. The molecular formula is C23H28N4O4S. The van der Waals surface area contributed by atoms with Crippen molar-refractivity contribution in [2.45, 2.75) is 32.2 Å². The number of hydrogen-bond acceptors (Lipinski definition) is 5. The van der Waals surface area contributed by atoms with Gasteiger partial charge in [0.1, 0.15) is 11.4 Å². The van der Waals surface area contributed by atoms with Crippen LogP contribution in [0.15, 0.2) is 47.4 Å². The summed E-state index contributed by atoms with van der Waals surface area (Å²) in [5, 5.41) is 6.47. The Bertz CT molecular complexity index is 1240. The van der Waals surface area contributed by atoms with E-state index in [9.17, 15) is 13.2 Å². The van der Waals surface area contributed by atoms with E-state index in [1.165, 1.54) is 8.99 Å². The van der Waals surface area contributed by atoms with E-state index >= 15 is 0 Å². The fourth-order valence-electron chi connectivity index (χ4n) is 4.26. The number of carbonyl (C=O) groups is 1. The lowest BCUT2D eigenvalue weighted by Gasteiger charge is -2.26. The topological polar surface area (TPSA) is 84.7 Å². The number of amides is 1. The van der Waals surface area contributed by atoms with Crippen molar-refractivity contribution in [3.05, 3.63) is 53.9 Å². The van der Waals surface area contributed by atoms with Crippen molar-refractivity contribution in [1.82, 2.24) is 14.1 Å². The molecule has 0 N–H and O–H groups in total. The molecule has 3 aromatic rings. The minimum Gasteiger partial charge on any atom is -0.379 e. The summed E-state index contributed by atoms with van der Waals surface area (Å²) >= 11 is 0. The lowest BCUT2D eigenvalue weighted by atomic mass is 10.1. The van der Waals surface area contributed by atoms with E-state index in [1.807, 2.05) is 49.4 Å². The van der Waals surface area contributed by atoms with E-state index in [0.717, 1.165) is 16.5 Å². The van der Waals surface area contributed by atoms with Gasteiger partial charge >= 0.3 is 0 Å². The van der Waals surface area contributed by atoms with E-state index in [-0.39, 0.29) is 17.3 Å². The Morgan fingerprint density at radius 1 is 1.09 bits per heavy atom. The lowest BCUT2D eigenvalue weighted by Crippen LogP contribution is -2.41. The number of fused-ring (bicyclic) bond motifs is 1. The van der Waals surface area contributed by atoms with Gasteiger partial charge in [0.2, 0.25) is 15.9 Å². The van der Waals surface area contributed by atoms with Crippen LogP contribution in [0.25, 0.3) is 10.8 Å². The summed E-state index contributed by atoms with van der Waals surface area (Å²) in [7, 11) is -3.70. The molecule has 1 aromatic heterocycles. The highest BCUT2D eigenvalue weighted by Gasteiger charge is 2.32. The van der Waals surface area contributed by atoms with E-state index in [1.54, 1.807) is 18.7 Å². The van der Waals surface area contributed by atoms with E-state index in [2.05, 4.69) is 5.10 Å². The number of nitrogens with zero attached hydrogens (tertiary/aromatic N) is 4. The van der Waals surface area contributed by atoms with Crippen molar-refractivity contribution in [3.8, 4) is 0 Å². The quantitative estimate of drug-likeness (QED) is 0.569. The van der Waals surface area contributed by atoms with Gasteiger partial charge in [-0.15, -0.1) is 0 Å². The molecule has 1 amide bonds. The first-order valence-corrected chi connectivity index (χ1v) is 12.2. The molecule has 8 nitrogen and oxygen atoms in total. The second kappa shape index (κ2) is 9.01. The lowest BCUT2D eigenvalue weighted by molar-refractivity contribution is -0.119. The summed E-state index contributed by atoms with van der Waals surface area (Å²) < 4.78 is 34.6. The number of sulfonamides is 1. The molecule has 0 saturated carbocycles. The Labute approximate surface area is 188 Å². The molecule has 0 aliphatic carbocycles. The van der Waals surface area contributed by atoms with Gasteiger partial charge in [-0.05, 0) is 32.2 Å². The minimum atomic E-state index is -3.70. The number of hydrogen-bond donors (Lipinski definition) is 0. The second-order valence-electron chi connectivity index (χ2n) is 7.81. The van der Waals surface area contributed by atoms with Gasteiger partial charge in [0.25, 0.3) is 0 Å². The normalized spacial score (nSPS) is 15.2. The molecule has 0 bridgehead atoms. The van der Waals surface area contributed by atoms with Crippen LogP contribution in [0, 0.1) is 13.8 Å². The van der Waals surface area contributed by atoms with Gasteiger partial charge in [0.15, 0.2) is 0 Å². The molecule has 32 heavy (non-hydrogen) atoms. The summed E-state index contributed by atoms with van der Waals surface area (Å²) in [5.41, 5.74) is 1.70. The van der Waals surface area contributed by atoms with Gasteiger partial charge in [0, 0.05) is 25.0 Å². The number of aromatic nitrogens is 2. The zero-order chi connectivity index (χ0) is 22.9. The van der Waals surface area contributed by atoms with Crippen molar-refractivity contribution in [3.63, 3.8) is 0 Å². The fourth-order valence-corrected chi connectivity index (χ4v) is 6.04. The molecule has 1 saturated heterocycles. The summed E-state index contributed by atoms with van der Waals surface area (Å²) in [4.78, 5) is 15.2. The van der Waals surface area contributed by atoms with Crippen LogP contribution in [0.1, 0.15) is 18.3 Å². The van der Waals surface area contributed by atoms with Gasteiger partial charge in [-0.25, -0.2) is 8.42 Å². The van der Waals surface area contributed by atoms with Crippen molar-refractivity contribution in [1.29, 1.82) is 0 Å². The summed E-state index contributed by atoms with van der Waals surface area (Å²) in [6.45, 7) is 7.13. The third-order valence-corrected chi connectivity index (χ3v) is 7.99. The highest BCUT2D eigenvalue weighted by atomic mass is 32.2. The Hall–Kier alpha value is -2.75. The highest BCUT2D eigenvalue weighted by Crippen LogP contribution is 2.28. The molecule has 2 aromatic carbocycles. The minimum absolute atomic E-state index is 0.0393. The number of ether oxygens (including phenoxy) is 1. The Morgan fingerprint density at radius 2 is 1.78 bits per heavy atom. The predicted octanol–water partition coefficient (Wildman–Crippen LogP) is 2.73. The van der Waals surface area contributed by atoms with E-state index < -0.39 is 10.0 Å². The molecule has 2 heterocycles. The monoisotopic (exact) mass is 456 g/mol. The first kappa shape index (κ1) is 22.4. The number of anilines is 1. The zero-order valence-corrected chi connectivity index (χ0v) is 19.4. The van der Waals surface area contributed by atoms with Gasteiger partial charge < -0.3 is 9.64 Å². The van der Waals surface area contributed by atoms with Crippen molar-refractivity contribution in [2.75, 3.05) is 37.7 Å². The third-order valence-electron chi connectivity index (χ3n) is 5.84. The van der Waals surface area contributed by atoms with Crippen LogP contribution in [0.2, 0.25) is 0 Å². The van der Waals surface area contributed by atoms with Gasteiger partial charge in [0.05, 0.1) is 30.3 Å². The maximum absolute atomic E-state index is 13.3. The van der Waals surface area contributed by atoms with Crippen LogP contribution in [0.5, 0.6) is 0 Å². The van der Waals surface area contributed by atoms with Crippen LogP contribution >= 0.6 is 0 Å². The first-order chi connectivity index (χ1) is 15.3. The molecular weight excluding hydrogens is 428 g/mol. The molecule has 1 fully saturated rings. The van der Waals surface area contributed by atoms with Gasteiger partial charge in [-0.3, -0.25) is 9.48 Å². The summed E-state index contributed by atoms with van der Waals surface area (Å²) in [5.74, 6) is -0.148. The number of carbonyl (C=O) groups excluding carboxylic acids is 1. The molecule has 1 aliphatic rings. The molecule has 1 aliphatic heterocycles. The summed E-state index contributed by atoms with van der Waals surface area (Å²) in [6.07, 6.45) is 0. The molecule has 170 valence electrons. The average molecular weight is 457 g/mol. The molecule has 9 heteroatoms. The highest BCUT2D eigenvalue weighted by molar-refractivity contribution is 7.89. The maximum Gasteiger partial charge on any atom is 0.248 e. The Kier molecular flexibility index (Phi) is 6.32. The van der Waals surface area contributed by atoms with Crippen molar-refractivity contribution in [2.24, 2.45) is 0 Å². The van der Waals surface area contributed by atoms with Gasteiger partial charge in [-0.1, -0.05) is 36.4 Å². The Balaban J connectivity index is 1.64. The number of aryl methyl sites for hydroxylation is 1. The fraction of sp³-hybridized carbons (Fsp3) is 0.391.